The number of likely N-dealkylation sites (tertiary alicyclic amines) is 1. The van der Waals surface area contributed by atoms with Crippen LogP contribution >= 0.6 is 0 Å². The third kappa shape index (κ3) is 6.41. The average Bonchev–Trinajstić information content (AvgIpc) is 3.32. The monoisotopic (exact) mass is 593 g/mol. The van der Waals surface area contributed by atoms with Gasteiger partial charge in [-0.2, -0.15) is 0 Å². The van der Waals surface area contributed by atoms with Crippen molar-refractivity contribution < 1.29 is 13.2 Å². The van der Waals surface area contributed by atoms with Crippen LogP contribution in [-0.4, -0.2) is 75.6 Å². The molecule has 5 rings (SSSR count). The zero-order chi connectivity index (χ0) is 30.1. The molecule has 1 aliphatic carbocycles. The van der Waals surface area contributed by atoms with Crippen molar-refractivity contribution in [1.29, 1.82) is 0 Å². The molecule has 1 amide bonds. The first-order valence-corrected chi connectivity index (χ1v) is 16.6. The first kappa shape index (κ1) is 30.3. The second-order valence-corrected chi connectivity index (χ2v) is 15.2. The van der Waals surface area contributed by atoms with Crippen LogP contribution in [-0.2, 0) is 20.0 Å². The Bertz CT molecular complexity index is 1510. The molecule has 1 saturated heterocycles. The molecule has 2 N–H and O–H groups in total. The van der Waals surface area contributed by atoms with E-state index in [0.717, 1.165) is 19.4 Å². The number of carbonyl (C=O) groups excluding carboxylic acids is 1. The van der Waals surface area contributed by atoms with Crippen LogP contribution in [0.2, 0.25) is 0 Å². The van der Waals surface area contributed by atoms with Crippen LogP contribution in [0, 0.1) is 5.92 Å². The van der Waals surface area contributed by atoms with E-state index in [-0.39, 0.29) is 17.1 Å². The highest BCUT2D eigenvalue weighted by atomic mass is 32.2. The molecule has 226 valence electrons. The Labute approximate surface area is 249 Å². The molecule has 10 nitrogen and oxygen atoms in total. The minimum atomic E-state index is -3.62. The van der Waals surface area contributed by atoms with E-state index in [2.05, 4.69) is 39.4 Å². The van der Waals surface area contributed by atoms with Gasteiger partial charge in [-0.1, -0.05) is 52.8 Å². The molecule has 2 aromatic heterocycles. The number of anilines is 1. The third-order valence-electron chi connectivity index (χ3n) is 8.43. The lowest BCUT2D eigenvalue weighted by molar-refractivity contribution is -0.134. The summed E-state index contributed by atoms with van der Waals surface area (Å²) < 4.78 is 27.4. The lowest BCUT2D eigenvalue weighted by atomic mass is 9.79. The number of amides is 1. The number of nitrogens with one attached hydrogen (secondary N) is 2. The predicted octanol–water partition coefficient (Wildman–Crippen LogP) is 4.13. The van der Waals surface area contributed by atoms with Crippen molar-refractivity contribution in [2.45, 2.75) is 94.7 Å². The average molecular weight is 594 g/mol. The highest BCUT2D eigenvalue weighted by molar-refractivity contribution is 7.91. The molecule has 1 aromatic carbocycles. The topological polar surface area (TPSA) is 130 Å². The van der Waals surface area contributed by atoms with Crippen LogP contribution < -0.4 is 10.6 Å². The van der Waals surface area contributed by atoms with Gasteiger partial charge in [0.05, 0.1) is 22.4 Å². The van der Waals surface area contributed by atoms with Crippen LogP contribution in [0.1, 0.15) is 72.5 Å². The summed E-state index contributed by atoms with van der Waals surface area (Å²) >= 11 is 0. The van der Waals surface area contributed by atoms with Gasteiger partial charge in [-0.05, 0) is 56.7 Å². The van der Waals surface area contributed by atoms with E-state index < -0.39 is 21.4 Å². The van der Waals surface area contributed by atoms with Gasteiger partial charge in [0.15, 0.2) is 15.7 Å². The van der Waals surface area contributed by atoms with E-state index >= 15 is 0 Å². The number of hydrogen-bond acceptors (Lipinski definition) is 9. The number of nitrogens with zero attached hydrogens (tertiary/aromatic N) is 5. The van der Waals surface area contributed by atoms with E-state index in [0.29, 0.717) is 65.3 Å². The lowest BCUT2D eigenvalue weighted by Crippen LogP contribution is -2.58. The molecule has 11 heteroatoms. The Morgan fingerprint density at radius 1 is 1.05 bits per heavy atom. The van der Waals surface area contributed by atoms with Gasteiger partial charge in [-0.3, -0.25) is 4.79 Å². The Morgan fingerprint density at radius 2 is 1.76 bits per heavy atom. The summed E-state index contributed by atoms with van der Waals surface area (Å²) in [6, 6.07) is 8.36. The van der Waals surface area contributed by atoms with Crippen LogP contribution in [0.15, 0.2) is 47.8 Å². The van der Waals surface area contributed by atoms with Crippen molar-refractivity contribution in [2.75, 3.05) is 24.2 Å². The molecule has 0 spiro atoms. The van der Waals surface area contributed by atoms with Crippen LogP contribution in [0.4, 0.5) is 5.82 Å². The van der Waals surface area contributed by atoms with Crippen molar-refractivity contribution in [3.63, 3.8) is 0 Å². The maximum atomic E-state index is 14.1. The largest absolute Gasteiger partial charge is 0.356 e. The number of aromatic nitrogens is 4. The fourth-order valence-corrected chi connectivity index (χ4v) is 7.98. The van der Waals surface area contributed by atoms with Crippen molar-refractivity contribution in [1.82, 2.24) is 30.2 Å². The molecule has 2 aliphatic rings. The Balaban J connectivity index is 1.41. The Kier molecular flexibility index (Phi) is 8.53. The number of hydrogen-bond donors (Lipinski definition) is 2. The van der Waals surface area contributed by atoms with E-state index in [4.69, 9.17) is 4.98 Å². The van der Waals surface area contributed by atoms with Gasteiger partial charge in [-0.25, -0.2) is 28.4 Å². The van der Waals surface area contributed by atoms with Gasteiger partial charge in [-0.15, -0.1) is 0 Å². The van der Waals surface area contributed by atoms with Gasteiger partial charge >= 0.3 is 0 Å². The fourth-order valence-electron chi connectivity index (χ4n) is 6.09. The highest BCUT2D eigenvalue weighted by Crippen LogP contribution is 2.39. The summed E-state index contributed by atoms with van der Waals surface area (Å²) in [7, 11) is -3.62. The summed E-state index contributed by atoms with van der Waals surface area (Å²) in [6.45, 7) is 11.9. The van der Waals surface area contributed by atoms with E-state index in [9.17, 15) is 13.2 Å². The molecule has 2 fully saturated rings. The third-order valence-corrected chi connectivity index (χ3v) is 10.3. The minimum Gasteiger partial charge on any atom is -0.356 e. The zero-order valence-corrected chi connectivity index (χ0v) is 26.1. The minimum absolute atomic E-state index is 0.0853. The fraction of sp³-hybridized carbons (Fsp3) is 0.581. The number of rotatable bonds is 9. The second-order valence-electron chi connectivity index (χ2n) is 13.2. The molecule has 42 heavy (non-hydrogen) atoms. The molecule has 1 aliphatic heterocycles. The van der Waals surface area contributed by atoms with Crippen LogP contribution in [0.3, 0.4) is 0 Å². The first-order chi connectivity index (χ1) is 19.9. The van der Waals surface area contributed by atoms with Crippen LogP contribution in [0.25, 0.3) is 11.0 Å². The Morgan fingerprint density at radius 3 is 2.43 bits per heavy atom. The molecular formula is C31H43N7O3S. The van der Waals surface area contributed by atoms with Crippen molar-refractivity contribution in [2.24, 2.45) is 5.92 Å². The summed E-state index contributed by atoms with van der Waals surface area (Å²) in [5.74, 6) is 1.51. The second kappa shape index (κ2) is 11.8. The smallest absolute Gasteiger partial charge is 0.245 e. The zero-order valence-electron chi connectivity index (χ0n) is 25.3. The molecule has 1 atom stereocenters. The van der Waals surface area contributed by atoms with E-state index in [1.54, 1.807) is 30.5 Å². The molecule has 3 heterocycles. The SMILES string of the molecule is CC(C)CNC1CCC(CS(=O)(=O)c2ccccc2)(N2CC[C@H](Nc3ncnc4cnc(C(C)(C)C)nc34)C2=O)CC1. The standard InChI is InChI=1S/C31H43N7O3S/c1-21(2)17-32-22-11-14-31(15-12-22,19-42(40,41)23-9-7-6-8-10-23)38-16-13-24(28(38)39)36-27-26-25(34-20-35-27)18-33-29(37-26)30(3,4)5/h6-10,18,20-22,24,32H,11-17,19H2,1-5H3,(H,34,35,36)/t22?,24-,31?/m0/s1. The lowest BCUT2D eigenvalue weighted by Gasteiger charge is -2.46. The summed E-state index contributed by atoms with van der Waals surface area (Å²) in [5.41, 5.74) is 0.135. The maximum Gasteiger partial charge on any atom is 0.245 e. The first-order valence-electron chi connectivity index (χ1n) is 15.0. The molecule has 1 saturated carbocycles. The predicted molar refractivity (Wildman–Crippen MR) is 164 cm³/mol. The van der Waals surface area contributed by atoms with Crippen molar-refractivity contribution >= 4 is 32.6 Å². The van der Waals surface area contributed by atoms with Gasteiger partial charge in [0.1, 0.15) is 29.2 Å². The van der Waals surface area contributed by atoms with Gasteiger partial charge in [0.2, 0.25) is 5.91 Å². The summed E-state index contributed by atoms with van der Waals surface area (Å²) in [5, 5.41) is 6.98. The van der Waals surface area contributed by atoms with E-state index in [1.165, 1.54) is 6.33 Å². The number of sulfone groups is 1. The summed E-state index contributed by atoms with van der Waals surface area (Å²) in [6.07, 6.45) is 6.58. The molecule has 3 aromatic rings. The number of carbonyl (C=O) groups is 1. The van der Waals surface area contributed by atoms with Crippen molar-refractivity contribution in [3.05, 3.63) is 48.7 Å². The normalized spacial score (nSPS) is 23.6. The Hall–Kier alpha value is -3.18. The van der Waals surface area contributed by atoms with Gasteiger partial charge in [0.25, 0.3) is 0 Å². The molecule has 0 unspecified atom stereocenters. The van der Waals surface area contributed by atoms with Gasteiger partial charge < -0.3 is 15.5 Å². The number of fused-ring (bicyclic) bond motifs is 1. The summed E-state index contributed by atoms with van der Waals surface area (Å²) in [4.78, 5) is 34.2. The number of benzene rings is 1. The van der Waals surface area contributed by atoms with Crippen LogP contribution in [0.5, 0.6) is 0 Å². The van der Waals surface area contributed by atoms with Gasteiger partial charge in [0, 0.05) is 18.0 Å². The maximum absolute atomic E-state index is 14.1. The molecule has 0 radical (unpaired) electrons. The molecular weight excluding hydrogens is 550 g/mol. The highest BCUT2D eigenvalue weighted by Gasteiger charge is 2.49. The quantitative estimate of drug-likeness (QED) is 0.376. The van der Waals surface area contributed by atoms with Crippen molar-refractivity contribution in [3.8, 4) is 0 Å². The van der Waals surface area contributed by atoms with E-state index in [1.807, 2.05) is 31.7 Å². The molecule has 0 bridgehead atoms.